The van der Waals surface area contributed by atoms with Crippen molar-refractivity contribution >= 4 is 73.7 Å². The van der Waals surface area contributed by atoms with Crippen molar-refractivity contribution < 1.29 is 4.79 Å². The average Bonchev–Trinajstić information content (AvgIpc) is 2.69. The van der Waals surface area contributed by atoms with Crippen LogP contribution in [0.2, 0.25) is 0 Å². The lowest BCUT2D eigenvalue weighted by Crippen LogP contribution is -2.33. The molecule has 1 aromatic carbocycles. The van der Waals surface area contributed by atoms with Crippen LogP contribution in [-0.4, -0.2) is 11.9 Å². The first kappa shape index (κ1) is 15.3. The van der Waals surface area contributed by atoms with Gasteiger partial charge in [-0.3, -0.25) is 4.79 Å². The Morgan fingerprint density at radius 2 is 2.00 bits per heavy atom. The Hall–Kier alpha value is 0.880. The van der Waals surface area contributed by atoms with Gasteiger partial charge in [-0.1, -0.05) is 6.92 Å². The highest BCUT2D eigenvalue weighted by Crippen LogP contribution is 2.26. The first-order valence-electron chi connectivity index (χ1n) is 5.92. The second-order valence-corrected chi connectivity index (χ2v) is 8.32. The van der Waals surface area contributed by atoms with Crippen molar-refractivity contribution in [2.75, 3.05) is 0 Å². The van der Waals surface area contributed by atoms with E-state index in [0.717, 1.165) is 35.0 Å². The Morgan fingerprint density at radius 3 is 2.61 bits per heavy atom. The summed E-state index contributed by atoms with van der Waals surface area (Å²) in [7, 11) is 0. The molecule has 5 heteroatoms. The van der Waals surface area contributed by atoms with E-state index in [-0.39, 0.29) is 5.91 Å². The van der Waals surface area contributed by atoms with Gasteiger partial charge in [0.15, 0.2) is 0 Å². The Morgan fingerprint density at radius 1 is 1.28 bits per heavy atom. The number of rotatable bonds is 2. The summed E-state index contributed by atoms with van der Waals surface area (Å²) < 4.78 is 3.31. The largest absolute Gasteiger partial charge is 0.349 e. The molecule has 1 saturated carbocycles. The third-order valence-corrected chi connectivity index (χ3v) is 6.94. The van der Waals surface area contributed by atoms with E-state index in [9.17, 15) is 4.79 Å². The van der Waals surface area contributed by atoms with E-state index in [1.165, 1.54) is 6.42 Å². The monoisotopic (exact) mass is 581 g/mol. The van der Waals surface area contributed by atoms with E-state index < -0.39 is 0 Å². The van der Waals surface area contributed by atoms with Gasteiger partial charge in [-0.25, -0.2) is 0 Å². The summed E-state index contributed by atoms with van der Waals surface area (Å²) in [6, 6.07) is 4.43. The predicted octanol–water partition coefficient (Wildman–Crippen LogP) is 4.42. The second kappa shape index (κ2) is 6.55. The third kappa shape index (κ3) is 3.71. The van der Waals surface area contributed by atoms with Gasteiger partial charge >= 0.3 is 0 Å². The van der Waals surface area contributed by atoms with Crippen LogP contribution in [0.1, 0.15) is 36.5 Å². The van der Waals surface area contributed by atoms with Gasteiger partial charge in [-0.05, 0) is 105 Å². The lowest BCUT2D eigenvalue weighted by Gasteiger charge is -2.14. The number of nitrogens with one attached hydrogen (secondary N) is 1. The van der Waals surface area contributed by atoms with Crippen LogP contribution in [0.5, 0.6) is 0 Å². The van der Waals surface area contributed by atoms with Gasteiger partial charge in [-0.15, -0.1) is 0 Å². The van der Waals surface area contributed by atoms with Gasteiger partial charge in [0.1, 0.15) is 0 Å². The van der Waals surface area contributed by atoms with Crippen LogP contribution < -0.4 is 5.32 Å². The van der Waals surface area contributed by atoms with Gasteiger partial charge < -0.3 is 5.32 Å². The molecule has 0 heterocycles. The Kier molecular flexibility index (Phi) is 5.56. The van der Waals surface area contributed by atoms with Gasteiger partial charge in [0.05, 0.1) is 5.56 Å². The minimum atomic E-state index is 0.0786. The fourth-order valence-corrected chi connectivity index (χ4v) is 4.72. The van der Waals surface area contributed by atoms with Crippen LogP contribution >= 0.6 is 67.8 Å². The molecule has 0 aromatic heterocycles. The van der Waals surface area contributed by atoms with E-state index in [4.69, 9.17) is 0 Å². The first-order chi connectivity index (χ1) is 8.47. The predicted molar refractivity (Wildman–Crippen MR) is 98.9 cm³/mol. The fourth-order valence-electron chi connectivity index (χ4n) is 2.32. The van der Waals surface area contributed by atoms with E-state index in [1.807, 2.05) is 6.07 Å². The van der Waals surface area contributed by atoms with Crippen molar-refractivity contribution in [3.8, 4) is 0 Å². The van der Waals surface area contributed by atoms with Gasteiger partial charge in [0.2, 0.25) is 0 Å². The molecule has 2 rings (SSSR count). The van der Waals surface area contributed by atoms with Gasteiger partial charge in [-0.2, -0.15) is 0 Å². The Balaban J connectivity index is 2.14. The maximum absolute atomic E-state index is 12.3. The zero-order valence-corrected chi connectivity index (χ0v) is 16.4. The molecule has 0 saturated heterocycles. The van der Waals surface area contributed by atoms with Crippen LogP contribution in [-0.2, 0) is 0 Å². The molecule has 2 atom stereocenters. The molecule has 1 fully saturated rings. The third-order valence-electron chi connectivity index (χ3n) is 3.27. The molecule has 98 valence electrons. The SMILES string of the molecule is CC1CCC(NC(=O)c2cc(I)cc(I)c2I)C1. The molecule has 1 aliphatic rings. The molecule has 18 heavy (non-hydrogen) atoms. The summed E-state index contributed by atoms with van der Waals surface area (Å²) in [4.78, 5) is 12.3. The van der Waals surface area contributed by atoms with Crippen molar-refractivity contribution in [2.24, 2.45) is 5.92 Å². The quantitative estimate of drug-likeness (QED) is 0.407. The van der Waals surface area contributed by atoms with E-state index in [0.29, 0.717) is 6.04 Å². The molecular formula is C13H14I3NO. The summed E-state index contributed by atoms with van der Waals surface area (Å²) >= 11 is 6.80. The summed E-state index contributed by atoms with van der Waals surface area (Å²) in [5, 5.41) is 3.17. The Labute approximate surface area is 148 Å². The van der Waals surface area contributed by atoms with Crippen molar-refractivity contribution in [3.05, 3.63) is 28.4 Å². The molecule has 0 bridgehead atoms. The van der Waals surface area contributed by atoms with Crippen LogP contribution in [0.4, 0.5) is 0 Å². The van der Waals surface area contributed by atoms with E-state index >= 15 is 0 Å². The van der Waals surface area contributed by atoms with Gasteiger partial charge in [0.25, 0.3) is 5.91 Å². The molecule has 0 spiro atoms. The minimum absolute atomic E-state index is 0.0786. The van der Waals surface area contributed by atoms with Crippen molar-refractivity contribution in [1.82, 2.24) is 5.32 Å². The molecule has 0 radical (unpaired) electrons. The highest BCUT2D eigenvalue weighted by molar-refractivity contribution is 14.1. The number of carbonyl (C=O) groups excluding carboxylic acids is 1. The number of amides is 1. The van der Waals surface area contributed by atoms with E-state index in [1.54, 1.807) is 0 Å². The van der Waals surface area contributed by atoms with Crippen molar-refractivity contribution in [3.63, 3.8) is 0 Å². The molecule has 2 nitrogen and oxygen atoms in total. The number of halogens is 3. The van der Waals surface area contributed by atoms with Crippen molar-refractivity contribution in [2.45, 2.75) is 32.2 Å². The van der Waals surface area contributed by atoms with Crippen LogP contribution in [0, 0.1) is 16.6 Å². The van der Waals surface area contributed by atoms with E-state index in [2.05, 4.69) is 86.1 Å². The smallest absolute Gasteiger partial charge is 0.252 e. The molecule has 0 aliphatic heterocycles. The summed E-state index contributed by atoms with van der Waals surface area (Å²) in [6.07, 6.45) is 3.46. The van der Waals surface area contributed by atoms with Crippen LogP contribution in [0.3, 0.4) is 0 Å². The highest BCUT2D eigenvalue weighted by Gasteiger charge is 2.24. The molecular weight excluding hydrogens is 567 g/mol. The topological polar surface area (TPSA) is 29.1 Å². The molecule has 1 N–H and O–H groups in total. The van der Waals surface area contributed by atoms with Crippen molar-refractivity contribution in [1.29, 1.82) is 0 Å². The van der Waals surface area contributed by atoms with Gasteiger partial charge in [0, 0.05) is 16.8 Å². The maximum Gasteiger partial charge on any atom is 0.252 e. The second-order valence-electron chi connectivity index (χ2n) is 4.84. The molecule has 2 unspecified atom stereocenters. The first-order valence-corrected chi connectivity index (χ1v) is 9.16. The number of carbonyl (C=O) groups is 1. The lowest BCUT2D eigenvalue weighted by atomic mass is 10.1. The van der Waals surface area contributed by atoms with Crippen LogP contribution in [0.25, 0.3) is 0 Å². The summed E-state index contributed by atoms with van der Waals surface area (Å²) in [6.45, 7) is 2.25. The molecule has 1 aromatic rings. The zero-order chi connectivity index (χ0) is 13.3. The molecule has 1 amide bonds. The minimum Gasteiger partial charge on any atom is -0.349 e. The maximum atomic E-state index is 12.3. The summed E-state index contributed by atoms with van der Waals surface area (Å²) in [5.74, 6) is 0.820. The van der Waals surface area contributed by atoms with Crippen LogP contribution in [0.15, 0.2) is 12.1 Å². The Bertz CT molecular complexity index is 476. The lowest BCUT2D eigenvalue weighted by molar-refractivity contribution is 0.0936. The number of hydrogen-bond acceptors (Lipinski definition) is 1. The molecule has 1 aliphatic carbocycles. The standard InChI is InChI=1S/C13H14I3NO/c1-7-2-3-9(4-7)17-13(18)10-5-8(14)6-11(15)12(10)16/h5-7,9H,2-4H2,1H3,(H,17,18). The highest BCUT2D eigenvalue weighted by atomic mass is 127. The number of hydrogen-bond donors (Lipinski definition) is 1. The zero-order valence-electron chi connectivity index (χ0n) is 9.97. The average molecular weight is 581 g/mol. The fraction of sp³-hybridized carbons (Fsp3) is 0.462. The number of benzene rings is 1. The normalized spacial score (nSPS) is 23.1. The summed E-state index contributed by atoms with van der Waals surface area (Å²) in [5.41, 5.74) is 0.812.